The van der Waals surface area contributed by atoms with Crippen LogP contribution < -0.4 is 10.1 Å². The topological polar surface area (TPSA) is 135 Å². The van der Waals surface area contributed by atoms with Gasteiger partial charge in [-0.15, -0.1) is 0 Å². The number of amides is 1. The van der Waals surface area contributed by atoms with E-state index in [2.05, 4.69) is 10.3 Å². The largest absolute Gasteiger partial charge is 0.492 e. The van der Waals surface area contributed by atoms with Crippen LogP contribution in [-0.2, 0) is 11.3 Å². The summed E-state index contributed by atoms with van der Waals surface area (Å²) >= 11 is 0. The van der Waals surface area contributed by atoms with Crippen LogP contribution in [-0.4, -0.2) is 46.4 Å². The maximum Gasteiger partial charge on any atom is 0.407 e. The Balaban J connectivity index is 1.79. The van der Waals surface area contributed by atoms with Crippen LogP contribution in [0, 0.1) is 0 Å². The molecule has 9 nitrogen and oxygen atoms in total. The van der Waals surface area contributed by atoms with Crippen LogP contribution in [0.3, 0.4) is 0 Å². The van der Waals surface area contributed by atoms with Gasteiger partial charge < -0.3 is 25.0 Å². The molecule has 0 aliphatic carbocycles. The number of carboxylic acid groups (broad SMARTS) is 2. The second kappa shape index (κ2) is 9.02. The molecule has 0 radical (unpaired) electrons. The van der Waals surface area contributed by atoms with E-state index in [1.165, 1.54) is 0 Å². The Bertz CT molecular complexity index is 761. The molecule has 26 heavy (non-hydrogen) atoms. The molecule has 0 fully saturated rings. The zero-order valence-corrected chi connectivity index (χ0v) is 13.5. The standard InChI is InChI=1S/C17H16N2O7/c20-15(21)13-8-12(9-14(19-13)16(22)23)25-7-6-18-17(24)26-10-11-4-2-1-3-5-11/h1-5,8-9H,6-7,10H2,(H,18,24)(H,20,21)(H,22,23). The van der Waals surface area contributed by atoms with Gasteiger partial charge in [0.25, 0.3) is 0 Å². The molecular formula is C17H16N2O7. The van der Waals surface area contributed by atoms with E-state index in [4.69, 9.17) is 19.7 Å². The van der Waals surface area contributed by atoms with Crippen molar-refractivity contribution in [2.75, 3.05) is 13.2 Å². The van der Waals surface area contributed by atoms with Gasteiger partial charge in [0, 0.05) is 12.1 Å². The summed E-state index contributed by atoms with van der Waals surface area (Å²) in [4.78, 5) is 36.9. The molecular weight excluding hydrogens is 344 g/mol. The molecule has 0 aliphatic rings. The predicted octanol–water partition coefficient (Wildman–Crippen LogP) is 1.78. The second-order valence-electron chi connectivity index (χ2n) is 5.02. The van der Waals surface area contributed by atoms with Gasteiger partial charge in [0.2, 0.25) is 0 Å². The molecule has 3 N–H and O–H groups in total. The Morgan fingerprint density at radius 1 is 1.00 bits per heavy atom. The summed E-state index contributed by atoms with van der Waals surface area (Å²) in [5.74, 6) is -2.73. The predicted molar refractivity (Wildman–Crippen MR) is 88.3 cm³/mol. The summed E-state index contributed by atoms with van der Waals surface area (Å²) in [7, 11) is 0. The van der Waals surface area contributed by atoms with Crippen molar-refractivity contribution in [2.45, 2.75) is 6.61 Å². The lowest BCUT2D eigenvalue weighted by atomic mass is 10.2. The van der Waals surface area contributed by atoms with Crippen LogP contribution in [0.15, 0.2) is 42.5 Å². The minimum absolute atomic E-state index is 0.0113. The quantitative estimate of drug-likeness (QED) is 0.606. The first-order valence-electron chi connectivity index (χ1n) is 7.51. The number of aromatic nitrogens is 1. The summed E-state index contributed by atoms with van der Waals surface area (Å²) in [6, 6.07) is 11.3. The van der Waals surface area contributed by atoms with Crippen molar-refractivity contribution in [3.8, 4) is 5.75 Å². The van der Waals surface area contributed by atoms with E-state index in [9.17, 15) is 14.4 Å². The van der Waals surface area contributed by atoms with Crippen molar-refractivity contribution in [3.05, 3.63) is 59.4 Å². The molecule has 0 atom stereocenters. The Morgan fingerprint density at radius 3 is 2.19 bits per heavy atom. The van der Waals surface area contributed by atoms with Crippen LogP contribution in [0.25, 0.3) is 0 Å². The first-order chi connectivity index (χ1) is 12.5. The molecule has 1 heterocycles. The number of hydrogen-bond acceptors (Lipinski definition) is 6. The van der Waals surface area contributed by atoms with Crippen LogP contribution >= 0.6 is 0 Å². The third kappa shape index (κ3) is 5.78. The summed E-state index contributed by atoms with van der Waals surface area (Å²) in [6.45, 7) is 0.200. The lowest BCUT2D eigenvalue weighted by molar-refractivity contribution is 0.0683. The van der Waals surface area contributed by atoms with Crippen molar-refractivity contribution < 1.29 is 34.1 Å². The highest BCUT2D eigenvalue weighted by Gasteiger charge is 2.14. The fourth-order valence-electron chi connectivity index (χ4n) is 1.90. The smallest absolute Gasteiger partial charge is 0.407 e. The summed E-state index contributed by atoms with van der Waals surface area (Å²) in [6.07, 6.45) is -0.635. The monoisotopic (exact) mass is 360 g/mol. The Labute approximate surface area is 148 Å². The van der Waals surface area contributed by atoms with Gasteiger partial charge in [-0.2, -0.15) is 0 Å². The van der Waals surface area contributed by atoms with Crippen molar-refractivity contribution in [3.63, 3.8) is 0 Å². The first kappa shape index (κ1) is 18.7. The highest BCUT2D eigenvalue weighted by atomic mass is 16.5. The van der Waals surface area contributed by atoms with E-state index in [0.29, 0.717) is 0 Å². The van der Waals surface area contributed by atoms with Crippen LogP contribution in [0.5, 0.6) is 5.75 Å². The van der Waals surface area contributed by atoms with E-state index in [1.807, 2.05) is 30.3 Å². The normalized spacial score (nSPS) is 10.0. The Kier molecular flexibility index (Phi) is 6.49. The van der Waals surface area contributed by atoms with Gasteiger partial charge in [0.15, 0.2) is 11.4 Å². The lowest BCUT2D eigenvalue weighted by Gasteiger charge is -2.09. The molecule has 0 bridgehead atoms. The number of benzene rings is 1. The van der Waals surface area contributed by atoms with Crippen molar-refractivity contribution in [1.82, 2.24) is 10.3 Å². The molecule has 0 saturated heterocycles. The molecule has 0 spiro atoms. The molecule has 0 saturated carbocycles. The Morgan fingerprint density at radius 2 is 1.62 bits per heavy atom. The van der Waals surface area contributed by atoms with Gasteiger partial charge in [-0.05, 0) is 5.56 Å². The van der Waals surface area contributed by atoms with Crippen molar-refractivity contribution in [1.29, 1.82) is 0 Å². The molecule has 2 aromatic rings. The van der Waals surface area contributed by atoms with Gasteiger partial charge >= 0.3 is 18.0 Å². The third-order valence-corrected chi connectivity index (χ3v) is 3.09. The fraction of sp³-hybridized carbons (Fsp3) is 0.176. The molecule has 1 aromatic carbocycles. The van der Waals surface area contributed by atoms with Gasteiger partial charge in [-0.25, -0.2) is 19.4 Å². The number of carbonyl (C=O) groups is 3. The van der Waals surface area contributed by atoms with E-state index < -0.39 is 29.4 Å². The van der Waals surface area contributed by atoms with Crippen LogP contribution in [0.1, 0.15) is 26.5 Å². The van der Waals surface area contributed by atoms with Crippen LogP contribution in [0.4, 0.5) is 4.79 Å². The minimum atomic E-state index is -1.37. The number of pyridine rings is 1. The number of ether oxygens (including phenoxy) is 2. The van der Waals surface area contributed by atoms with Crippen molar-refractivity contribution in [2.24, 2.45) is 0 Å². The lowest BCUT2D eigenvalue weighted by Crippen LogP contribution is -2.28. The molecule has 1 aromatic heterocycles. The Hall–Kier alpha value is -3.62. The zero-order chi connectivity index (χ0) is 18.9. The highest BCUT2D eigenvalue weighted by Crippen LogP contribution is 2.14. The van der Waals surface area contributed by atoms with E-state index >= 15 is 0 Å². The number of rotatable bonds is 8. The second-order valence-corrected chi connectivity index (χ2v) is 5.02. The van der Waals surface area contributed by atoms with Gasteiger partial charge in [0.1, 0.15) is 19.0 Å². The van der Waals surface area contributed by atoms with E-state index in [-0.39, 0.29) is 25.5 Å². The number of hydrogen-bond donors (Lipinski definition) is 3. The number of carboxylic acids is 2. The minimum Gasteiger partial charge on any atom is -0.492 e. The van der Waals surface area contributed by atoms with E-state index in [0.717, 1.165) is 17.7 Å². The maximum absolute atomic E-state index is 11.6. The van der Waals surface area contributed by atoms with Crippen molar-refractivity contribution >= 4 is 18.0 Å². The third-order valence-electron chi connectivity index (χ3n) is 3.09. The zero-order valence-electron chi connectivity index (χ0n) is 13.5. The molecule has 0 unspecified atom stereocenters. The van der Waals surface area contributed by atoms with Gasteiger partial charge in [0.05, 0.1) is 6.54 Å². The maximum atomic E-state index is 11.6. The average molecular weight is 360 g/mol. The average Bonchev–Trinajstić information content (AvgIpc) is 2.64. The SMILES string of the molecule is O=C(NCCOc1cc(C(=O)O)nc(C(=O)O)c1)OCc1ccccc1. The summed E-state index contributed by atoms with van der Waals surface area (Å²) in [5, 5.41) is 20.3. The molecule has 9 heteroatoms. The molecule has 136 valence electrons. The molecule has 1 amide bonds. The number of nitrogens with one attached hydrogen (secondary N) is 1. The summed E-state index contributed by atoms with van der Waals surface area (Å²) < 4.78 is 10.3. The number of carbonyl (C=O) groups excluding carboxylic acids is 1. The number of alkyl carbamates (subject to hydrolysis) is 1. The van der Waals surface area contributed by atoms with E-state index in [1.54, 1.807) is 0 Å². The molecule has 0 aliphatic heterocycles. The first-order valence-corrected chi connectivity index (χ1v) is 7.51. The van der Waals surface area contributed by atoms with Gasteiger partial charge in [-0.3, -0.25) is 0 Å². The fourth-order valence-corrected chi connectivity index (χ4v) is 1.90. The summed E-state index contributed by atoms with van der Waals surface area (Å²) in [5.41, 5.74) is -0.0525. The molecule has 2 rings (SSSR count). The van der Waals surface area contributed by atoms with Gasteiger partial charge in [-0.1, -0.05) is 30.3 Å². The van der Waals surface area contributed by atoms with Crippen LogP contribution in [0.2, 0.25) is 0 Å². The number of nitrogens with zero attached hydrogens (tertiary/aromatic N) is 1. The highest BCUT2D eigenvalue weighted by molar-refractivity contribution is 5.90. The number of aromatic carboxylic acids is 2.